The number of allylic oxidation sites excluding steroid dienone is 2. The summed E-state index contributed by atoms with van der Waals surface area (Å²) in [7, 11) is 0. The molecule has 10 heavy (non-hydrogen) atoms. The molecule has 1 saturated heterocycles. The Kier molecular flexibility index (Phi) is 1.47. The van der Waals surface area contributed by atoms with Crippen molar-refractivity contribution < 1.29 is 0 Å². The van der Waals surface area contributed by atoms with E-state index in [1.807, 2.05) is 24.0 Å². The van der Waals surface area contributed by atoms with Gasteiger partial charge in [-0.05, 0) is 25.3 Å². The number of hydrogen-bond acceptors (Lipinski definition) is 3. The van der Waals surface area contributed by atoms with Gasteiger partial charge in [0.05, 0.1) is 5.37 Å². The van der Waals surface area contributed by atoms with Crippen molar-refractivity contribution in [3.8, 4) is 0 Å². The molecule has 2 N–H and O–H groups in total. The summed E-state index contributed by atoms with van der Waals surface area (Å²) in [5, 5.41) is 7.16. The zero-order valence-electron chi connectivity index (χ0n) is 5.79. The lowest BCUT2D eigenvalue weighted by Crippen LogP contribution is -2.38. The van der Waals surface area contributed by atoms with Crippen LogP contribution in [0.5, 0.6) is 0 Å². The molecular formula is C7H10N2S. The van der Waals surface area contributed by atoms with Crippen molar-refractivity contribution in [1.29, 1.82) is 0 Å². The minimum Gasteiger partial charge on any atom is -0.372 e. The van der Waals surface area contributed by atoms with Gasteiger partial charge in [0.25, 0.3) is 0 Å². The second kappa shape index (κ2) is 2.32. The standard InChI is InChI=1S/C7H10N2S/c1-5-9-7-6(10-5)3-2-4-8-7/h2-5,7-9H,1H3. The van der Waals surface area contributed by atoms with Crippen molar-refractivity contribution in [2.24, 2.45) is 0 Å². The van der Waals surface area contributed by atoms with Gasteiger partial charge in [0.1, 0.15) is 6.17 Å². The lowest BCUT2D eigenvalue weighted by atomic mass is 10.3. The van der Waals surface area contributed by atoms with Crippen LogP contribution in [0.3, 0.4) is 0 Å². The Balaban J connectivity index is 2.18. The van der Waals surface area contributed by atoms with Gasteiger partial charge in [-0.3, -0.25) is 5.32 Å². The quantitative estimate of drug-likeness (QED) is 0.544. The summed E-state index contributed by atoms with van der Waals surface area (Å²) >= 11 is 1.89. The van der Waals surface area contributed by atoms with E-state index >= 15 is 0 Å². The average Bonchev–Trinajstić information content (AvgIpc) is 2.27. The zero-order chi connectivity index (χ0) is 6.97. The van der Waals surface area contributed by atoms with Gasteiger partial charge in [-0.2, -0.15) is 0 Å². The van der Waals surface area contributed by atoms with Gasteiger partial charge in [0.2, 0.25) is 0 Å². The summed E-state index contributed by atoms with van der Waals surface area (Å²) in [4.78, 5) is 1.40. The van der Waals surface area contributed by atoms with E-state index in [2.05, 4.69) is 23.6 Å². The fourth-order valence-corrected chi connectivity index (χ4v) is 2.23. The Morgan fingerprint density at radius 2 is 2.50 bits per heavy atom. The van der Waals surface area contributed by atoms with Crippen molar-refractivity contribution in [2.45, 2.75) is 18.5 Å². The van der Waals surface area contributed by atoms with Crippen LogP contribution in [0.2, 0.25) is 0 Å². The molecule has 2 aliphatic heterocycles. The molecule has 0 amide bonds. The first-order valence-electron chi connectivity index (χ1n) is 3.42. The van der Waals surface area contributed by atoms with Crippen LogP contribution in [0.1, 0.15) is 6.92 Å². The van der Waals surface area contributed by atoms with Crippen LogP contribution in [0.25, 0.3) is 0 Å². The molecule has 0 bridgehead atoms. The van der Waals surface area contributed by atoms with E-state index in [0.29, 0.717) is 11.5 Å². The number of hydrogen-bond donors (Lipinski definition) is 2. The van der Waals surface area contributed by atoms with Gasteiger partial charge >= 0.3 is 0 Å². The summed E-state index contributed by atoms with van der Waals surface area (Å²) in [6.07, 6.45) is 6.55. The summed E-state index contributed by atoms with van der Waals surface area (Å²) < 4.78 is 0. The Morgan fingerprint density at radius 1 is 1.60 bits per heavy atom. The lowest BCUT2D eigenvalue weighted by molar-refractivity contribution is 0.560. The second-order valence-electron chi connectivity index (χ2n) is 2.45. The minimum absolute atomic E-state index is 0.380. The predicted octanol–water partition coefficient (Wildman–Crippen LogP) is 0.996. The molecule has 0 aliphatic carbocycles. The van der Waals surface area contributed by atoms with Crippen molar-refractivity contribution in [3.05, 3.63) is 23.3 Å². The third-order valence-electron chi connectivity index (χ3n) is 1.62. The summed E-state index contributed by atoms with van der Waals surface area (Å²) in [5.74, 6) is 0. The second-order valence-corrected chi connectivity index (χ2v) is 3.87. The topological polar surface area (TPSA) is 24.1 Å². The van der Waals surface area contributed by atoms with Crippen LogP contribution in [-0.4, -0.2) is 11.5 Å². The summed E-state index contributed by atoms with van der Waals surface area (Å²) in [6, 6.07) is 0. The molecule has 0 radical (unpaired) electrons. The normalized spacial score (nSPS) is 36.7. The number of nitrogens with one attached hydrogen (secondary N) is 2. The van der Waals surface area contributed by atoms with E-state index in [0.717, 1.165) is 0 Å². The summed E-state index contributed by atoms with van der Waals surface area (Å²) in [6.45, 7) is 2.17. The fourth-order valence-electron chi connectivity index (χ4n) is 1.18. The molecule has 0 saturated carbocycles. The highest BCUT2D eigenvalue weighted by atomic mass is 32.2. The highest BCUT2D eigenvalue weighted by Crippen LogP contribution is 2.30. The number of rotatable bonds is 0. The average molecular weight is 154 g/mol. The highest BCUT2D eigenvalue weighted by Gasteiger charge is 2.25. The van der Waals surface area contributed by atoms with Gasteiger partial charge in [-0.1, -0.05) is 0 Å². The van der Waals surface area contributed by atoms with Crippen molar-refractivity contribution >= 4 is 11.8 Å². The molecule has 1 fully saturated rings. The molecule has 2 aliphatic rings. The van der Waals surface area contributed by atoms with E-state index in [1.54, 1.807) is 0 Å². The first-order chi connectivity index (χ1) is 4.86. The van der Waals surface area contributed by atoms with Gasteiger partial charge in [0.15, 0.2) is 0 Å². The smallest absolute Gasteiger partial charge is 0.110 e. The maximum Gasteiger partial charge on any atom is 0.110 e. The Bertz CT molecular complexity index is 198. The first kappa shape index (κ1) is 6.31. The van der Waals surface area contributed by atoms with Crippen LogP contribution in [-0.2, 0) is 0 Å². The van der Waals surface area contributed by atoms with Crippen LogP contribution < -0.4 is 10.6 Å². The molecule has 0 aromatic heterocycles. The van der Waals surface area contributed by atoms with Gasteiger partial charge < -0.3 is 5.32 Å². The highest BCUT2D eigenvalue weighted by molar-refractivity contribution is 8.04. The zero-order valence-corrected chi connectivity index (χ0v) is 6.61. The molecule has 3 heteroatoms. The van der Waals surface area contributed by atoms with Crippen LogP contribution >= 0.6 is 11.8 Å². The van der Waals surface area contributed by atoms with E-state index in [4.69, 9.17) is 0 Å². The van der Waals surface area contributed by atoms with Gasteiger partial charge in [-0.25, -0.2) is 0 Å². The minimum atomic E-state index is 0.380. The van der Waals surface area contributed by atoms with Crippen LogP contribution in [0.4, 0.5) is 0 Å². The SMILES string of the molecule is CC1NC2NC=CC=C2S1. The maximum atomic E-state index is 3.39. The molecule has 2 nitrogen and oxygen atoms in total. The van der Waals surface area contributed by atoms with Crippen molar-refractivity contribution in [2.75, 3.05) is 0 Å². The van der Waals surface area contributed by atoms with E-state index in [1.165, 1.54) is 4.91 Å². The van der Waals surface area contributed by atoms with E-state index in [9.17, 15) is 0 Å². The van der Waals surface area contributed by atoms with Crippen molar-refractivity contribution in [3.63, 3.8) is 0 Å². The molecule has 2 heterocycles. The van der Waals surface area contributed by atoms with Crippen LogP contribution in [0, 0.1) is 0 Å². The maximum absolute atomic E-state index is 3.39. The fraction of sp³-hybridized carbons (Fsp3) is 0.429. The largest absolute Gasteiger partial charge is 0.372 e. The molecule has 2 rings (SSSR count). The third-order valence-corrected chi connectivity index (χ3v) is 2.75. The molecule has 2 unspecified atom stereocenters. The molecule has 0 aromatic rings. The lowest BCUT2D eigenvalue weighted by Gasteiger charge is -2.14. The number of dihydropyridines is 1. The van der Waals surface area contributed by atoms with Gasteiger partial charge in [-0.15, -0.1) is 11.8 Å². The molecular weight excluding hydrogens is 144 g/mol. The predicted molar refractivity (Wildman–Crippen MR) is 44.3 cm³/mol. The number of fused-ring (bicyclic) bond motifs is 1. The van der Waals surface area contributed by atoms with Gasteiger partial charge in [0, 0.05) is 4.91 Å². The first-order valence-corrected chi connectivity index (χ1v) is 4.30. The Hall–Kier alpha value is -0.410. The Labute approximate surface area is 64.8 Å². The van der Waals surface area contributed by atoms with E-state index in [-0.39, 0.29) is 0 Å². The molecule has 0 spiro atoms. The Morgan fingerprint density at radius 3 is 3.30 bits per heavy atom. The molecule has 54 valence electrons. The number of thioether (sulfide) groups is 1. The summed E-state index contributed by atoms with van der Waals surface area (Å²) in [5.41, 5.74) is 0. The van der Waals surface area contributed by atoms with E-state index < -0.39 is 0 Å². The monoisotopic (exact) mass is 154 g/mol. The molecule has 0 aromatic carbocycles. The van der Waals surface area contributed by atoms with Crippen LogP contribution in [0.15, 0.2) is 23.3 Å². The van der Waals surface area contributed by atoms with Crippen molar-refractivity contribution in [1.82, 2.24) is 10.6 Å². The molecule has 2 atom stereocenters. The third kappa shape index (κ3) is 0.954.